The highest BCUT2D eigenvalue weighted by molar-refractivity contribution is 5.92. The Balaban J connectivity index is 2.57. The van der Waals surface area contributed by atoms with Gasteiger partial charge in [0.2, 0.25) is 0 Å². The Morgan fingerprint density at radius 3 is 2.67 bits per heavy atom. The third kappa shape index (κ3) is 3.58. The summed E-state index contributed by atoms with van der Waals surface area (Å²) in [4.78, 5) is 24.8. The molecule has 6 nitrogen and oxygen atoms in total. The van der Waals surface area contributed by atoms with Crippen molar-refractivity contribution in [1.82, 2.24) is 14.7 Å². The van der Waals surface area contributed by atoms with Gasteiger partial charge in [-0.15, -0.1) is 0 Å². The summed E-state index contributed by atoms with van der Waals surface area (Å²) < 4.78 is 6.35. The SMILES string of the molecule is CCOC(=O)CCN(C)C(=O)c1cc(C)nn1C. The molecule has 1 rings (SSSR count). The van der Waals surface area contributed by atoms with Crippen molar-refractivity contribution in [2.24, 2.45) is 7.05 Å². The van der Waals surface area contributed by atoms with E-state index in [-0.39, 0.29) is 18.3 Å². The minimum absolute atomic E-state index is 0.151. The van der Waals surface area contributed by atoms with E-state index >= 15 is 0 Å². The van der Waals surface area contributed by atoms with E-state index in [1.807, 2.05) is 6.92 Å². The van der Waals surface area contributed by atoms with Crippen LogP contribution in [0.1, 0.15) is 29.5 Å². The highest BCUT2D eigenvalue weighted by atomic mass is 16.5. The molecule has 6 heteroatoms. The third-order valence-electron chi connectivity index (χ3n) is 2.52. The van der Waals surface area contributed by atoms with Gasteiger partial charge in [-0.1, -0.05) is 0 Å². The monoisotopic (exact) mass is 253 g/mol. The largest absolute Gasteiger partial charge is 0.466 e. The molecular weight excluding hydrogens is 234 g/mol. The van der Waals surface area contributed by atoms with Gasteiger partial charge in [0.25, 0.3) is 5.91 Å². The summed E-state index contributed by atoms with van der Waals surface area (Å²) in [6.45, 7) is 4.28. The molecule has 0 aromatic carbocycles. The van der Waals surface area contributed by atoms with Crippen molar-refractivity contribution in [3.05, 3.63) is 17.5 Å². The Morgan fingerprint density at radius 1 is 1.50 bits per heavy atom. The standard InChI is InChI=1S/C12H19N3O3/c1-5-18-11(16)6-7-14(3)12(17)10-8-9(2)13-15(10)4/h8H,5-7H2,1-4H3. The molecule has 0 radical (unpaired) electrons. The second-order valence-electron chi connectivity index (χ2n) is 4.08. The van der Waals surface area contributed by atoms with Crippen LogP contribution in [0.2, 0.25) is 0 Å². The van der Waals surface area contributed by atoms with Gasteiger partial charge in [0.15, 0.2) is 0 Å². The lowest BCUT2D eigenvalue weighted by Crippen LogP contribution is -2.30. The molecule has 0 aliphatic heterocycles. The van der Waals surface area contributed by atoms with Crippen LogP contribution in [0.5, 0.6) is 0 Å². The van der Waals surface area contributed by atoms with Crippen molar-refractivity contribution >= 4 is 11.9 Å². The predicted octanol–water partition coefficient (Wildman–Crippen LogP) is 0.754. The van der Waals surface area contributed by atoms with Crippen LogP contribution in [0.15, 0.2) is 6.07 Å². The molecule has 1 amide bonds. The number of carbonyl (C=O) groups excluding carboxylic acids is 2. The van der Waals surface area contributed by atoms with Crippen LogP contribution in [-0.4, -0.2) is 46.8 Å². The van der Waals surface area contributed by atoms with E-state index in [9.17, 15) is 9.59 Å². The first-order valence-corrected chi connectivity index (χ1v) is 5.87. The van der Waals surface area contributed by atoms with E-state index in [0.29, 0.717) is 18.8 Å². The fourth-order valence-electron chi connectivity index (χ4n) is 1.60. The van der Waals surface area contributed by atoms with Crippen LogP contribution in [0, 0.1) is 6.92 Å². The molecule has 0 atom stereocenters. The lowest BCUT2D eigenvalue weighted by Gasteiger charge is -2.16. The van der Waals surface area contributed by atoms with Crippen molar-refractivity contribution in [1.29, 1.82) is 0 Å². The number of aryl methyl sites for hydroxylation is 2. The molecule has 18 heavy (non-hydrogen) atoms. The maximum atomic E-state index is 12.1. The Bertz CT molecular complexity index is 440. The van der Waals surface area contributed by atoms with Gasteiger partial charge in [-0.05, 0) is 19.9 Å². The van der Waals surface area contributed by atoms with Crippen LogP contribution in [-0.2, 0) is 16.6 Å². The van der Waals surface area contributed by atoms with Crippen molar-refractivity contribution < 1.29 is 14.3 Å². The fourth-order valence-corrected chi connectivity index (χ4v) is 1.60. The second-order valence-corrected chi connectivity index (χ2v) is 4.08. The molecule has 1 heterocycles. The first kappa shape index (κ1) is 14.2. The van der Waals surface area contributed by atoms with Gasteiger partial charge in [-0.25, -0.2) is 0 Å². The molecule has 0 spiro atoms. The minimum atomic E-state index is -0.293. The number of hydrogen-bond donors (Lipinski definition) is 0. The summed E-state index contributed by atoms with van der Waals surface area (Å²) in [6.07, 6.45) is 0.201. The molecule has 0 N–H and O–H groups in total. The topological polar surface area (TPSA) is 64.4 Å². The van der Waals surface area contributed by atoms with Crippen molar-refractivity contribution in [2.45, 2.75) is 20.3 Å². The molecule has 0 saturated heterocycles. The molecular formula is C12H19N3O3. The molecule has 0 fully saturated rings. The summed E-state index contributed by atoms with van der Waals surface area (Å²) in [5.41, 5.74) is 1.30. The van der Waals surface area contributed by atoms with Gasteiger partial charge in [0.1, 0.15) is 5.69 Å². The lowest BCUT2D eigenvalue weighted by atomic mass is 10.3. The van der Waals surface area contributed by atoms with E-state index in [4.69, 9.17) is 4.74 Å². The number of ether oxygens (including phenoxy) is 1. The Morgan fingerprint density at radius 2 is 2.17 bits per heavy atom. The number of hydrogen-bond acceptors (Lipinski definition) is 4. The van der Waals surface area contributed by atoms with Gasteiger partial charge >= 0.3 is 5.97 Å². The Labute approximate surface area is 107 Å². The lowest BCUT2D eigenvalue weighted by molar-refractivity contribution is -0.143. The summed E-state index contributed by atoms with van der Waals surface area (Å²) in [7, 11) is 3.38. The molecule has 1 aromatic rings. The van der Waals surface area contributed by atoms with Crippen molar-refractivity contribution in [3.8, 4) is 0 Å². The first-order chi connectivity index (χ1) is 8.45. The Hall–Kier alpha value is -1.85. The van der Waals surface area contributed by atoms with Crippen LogP contribution >= 0.6 is 0 Å². The van der Waals surface area contributed by atoms with Crippen LogP contribution in [0.25, 0.3) is 0 Å². The second kappa shape index (κ2) is 6.18. The number of aromatic nitrogens is 2. The van der Waals surface area contributed by atoms with Gasteiger partial charge in [0.05, 0.1) is 18.7 Å². The molecule has 0 unspecified atom stereocenters. The van der Waals surface area contributed by atoms with Gasteiger partial charge in [0, 0.05) is 20.6 Å². The van der Waals surface area contributed by atoms with Gasteiger partial charge in [-0.3, -0.25) is 14.3 Å². The summed E-state index contributed by atoms with van der Waals surface area (Å²) in [5, 5.41) is 4.12. The molecule has 0 aliphatic rings. The first-order valence-electron chi connectivity index (χ1n) is 5.87. The summed E-state index contributed by atoms with van der Waals surface area (Å²) >= 11 is 0. The number of nitrogens with zero attached hydrogens (tertiary/aromatic N) is 3. The van der Waals surface area contributed by atoms with Crippen molar-refractivity contribution in [3.63, 3.8) is 0 Å². The van der Waals surface area contributed by atoms with E-state index in [0.717, 1.165) is 5.69 Å². The zero-order valence-electron chi connectivity index (χ0n) is 11.3. The number of amides is 1. The maximum absolute atomic E-state index is 12.1. The normalized spacial score (nSPS) is 10.2. The molecule has 0 aliphatic carbocycles. The molecule has 1 aromatic heterocycles. The van der Waals surface area contributed by atoms with Gasteiger partial charge < -0.3 is 9.64 Å². The third-order valence-corrected chi connectivity index (χ3v) is 2.52. The average molecular weight is 253 g/mol. The molecule has 0 saturated carbocycles. The summed E-state index contributed by atoms with van der Waals surface area (Å²) in [6, 6.07) is 1.73. The van der Waals surface area contributed by atoms with E-state index in [2.05, 4.69) is 5.10 Å². The van der Waals surface area contributed by atoms with E-state index in [1.54, 1.807) is 31.8 Å². The average Bonchev–Trinajstić information content (AvgIpc) is 2.64. The van der Waals surface area contributed by atoms with Gasteiger partial charge in [-0.2, -0.15) is 5.10 Å². The van der Waals surface area contributed by atoms with Crippen molar-refractivity contribution in [2.75, 3.05) is 20.2 Å². The maximum Gasteiger partial charge on any atom is 0.307 e. The number of esters is 1. The molecule has 100 valence electrons. The smallest absolute Gasteiger partial charge is 0.307 e. The number of carbonyl (C=O) groups is 2. The quantitative estimate of drug-likeness (QED) is 0.726. The highest BCUT2D eigenvalue weighted by Crippen LogP contribution is 2.05. The predicted molar refractivity (Wildman–Crippen MR) is 66.2 cm³/mol. The van der Waals surface area contributed by atoms with E-state index < -0.39 is 0 Å². The fraction of sp³-hybridized carbons (Fsp3) is 0.583. The van der Waals surface area contributed by atoms with Crippen LogP contribution < -0.4 is 0 Å². The Kier molecular flexibility index (Phi) is 4.88. The van der Waals surface area contributed by atoms with Crippen LogP contribution in [0.4, 0.5) is 0 Å². The highest BCUT2D eigenvalue weighted by Gasteiger charge is 2.17. The summed E-state index contributed by atoms with van der Waals surface area (Å²) in [5.74, 6) is -0.444. The molecule has 0 bridgehead atoms. The minimum Gasteiger partial charge on any atom is -0.466 e. The van der Waals surface area contributed by atoms with Crippen LogP contribution in [0.3, 0.4) is 0 Å². The zero-order chi connectivity index (χ0) is 13.7. The zero-order valence-corrected chi connectivity index (χ0v) is 11.3. The van der Waals surface area contributed by atoms with E-state index in [1.165, 1.54) is 4.90 Å². The number of rotatable bonds is 5.